The van der Waals surface area contributed by atoms with Gasteiger partial charge in [0.2, 0.25) is 17.6 Å². The second kappa shape index (κ2) is 19.8. The van der Waals surface area contributed by atoms with Crippen LogP contribution in [0.1, 0.15) is 55.1 Å². The van der Waals surface area contributed by atoms with Crippen LogP contribution in [0.2, 0.25) is 0 Å². The number of rotatable bonds is 18. The number of likely N-dealkylation sites (N-methyl/N-ethyl adjacent to an activating group) is 1. The molecule has 5 rings (SSSR count). The summed E-state index contributed by atoms with van der Waals surface area (Å²) in [4.78, 5) is 43.7. The highest BCUT2D eigenvalue weighted by atomic mass is 19.2. The zero-order chi connectivity index (χ0) is 37.7. The lowest BCUT2D eigenvalue weighted by Gasteiger charge is -2.39. The minimum absolute atomic E-state index is 0.0417. The summed E-state index contributed by atoms with van der Waals surface area (Å²) in [5.41, 5.74) is 1.64. The number of halogens is 2. The maximum absolute atomic E-state index is 15.0. The minimum Gasteiger partial charge on any atom is -0.487 e. The molecule has 0 spiro atoms. The Kier molecular flexibility index (Phi) is 15.0. The van der Waals surface area contributed by atoms with Gasteiger partial charge < -0.3 is 43.9 Å². The third-order valence-corrected chi connectivity index (χ3v) is 10.1. The minimum atomic E-state index is -1.14. The lowest BCUT2D eigenvalue weighted by molar-refractivity contribution is -0.140. The second-order valence-corrected chi connectivity index (χ2v) is 13.6. The summed E-state index contributed by atoms with van der Waals surface area (Å²) < 4.78 is 53.6. The van der Waals surface area contributed by atoms with Gasteiger partial charge in [-0.3, -0.25) is 14.4 Å². The molecule has 1 aliphatic carbocycles. The summed E-state index contributed by atoms with van der Waals surface area (Å²) in [5, 5.41) is 6.20. The van der Waals surface area contributed by atoms with Crippen molar-refractivity contribution in [3.05, 3.63) is 65.4 Å². The Hall–Kier alpha value is -4.11. The van der Waals surface area contributed by atoms with Crippen molar-refractivity contribution in [3.63, 3.8) is 0 Å². The molecule has 2 N–H and O–H groups in total. The second-order valence-electron chi connectivity index (χ2n) is 13.6. The van der Waals surface area contributed by atoms with Crippen LogP contribution in [0.5, 0.6) is 5.75 Å². The smallest absolute Gasteiger partial charge is 0.270 e. The van der Waals surface area contributed by atoms with E-state index in [4.69, 9.17) is 18.9 Å². The molecule has 2 aliphatic rings. The topological polar surface area (TPSA) is 124 Å². The number of aromatic nitrogens is 1. The molecular formula is C39H53F2N5O7. The Morgan fingerprint density at radius 2 is 1.47 bits per heavy atom. The summed E-state index contributed by atoms with van der Waals surface area (Å²) in [6.45, 7) is 5.00. The van der Waals surface area contributed by atoms with E-state index in [1.165, 1.54) is 10.6 Å². The molecule has 290 valence electrons. The number of fused-ring (bicyclic) bond motifs is 1. The highest BCUT2D eigenvalue weighted by Crippen LogP contribution is 2.34. The first kappa shape index (κ1) is 40.1. The van der Waals surface area contributed by atoms with Gasteiger partial charge in [0.05, 0.1) is 51.2 Å². The first-order valence-electron chi connectivity index (χ1n) is 18.6. The number of carbonyl (C=O) groups excluding carboxylic acids is 3. The van der Waals surface area contributed by atoms with Gasteiger partial charge in [0.1, 0.15) is 18.3 Å². The molecule has 1 aromatic heterocycles. The van der Waals surface area contributed by atoms with Crippen molar-refractivity contribution in [3.8, 4) is 5.75 Å². The fourth-order valence-corrected chi connectivity index (χ4v) is 6.88. The monoisotopic (exact) mass is 741 g/mol. The zero-order valence-electron chi connectivity index (χ0n) is 31.0. The Balaban J connectivity index is 1.11. The summed E-state index contributed by atoms with van der Waals surface area (Å²) in [6.07, 6.45) is 4.93. The molecule has 3 aromatic rings. The molecule has 0 radical (unpaired) electrons. The Morgan fingerprint density at radius 1 is 0.849 bits per heavy atom. The van der Waals surface area contributed by atoms with Crippen molar-refractivity contribution in [2.24, 2.45) is 13.0 Å². The molecule has 14 heteroatoms. The van der Waals surface area contributed by atoms with Gasteiger partial charge in [0.15, 0.2) is 11.6 Å². The van der Waals surface area contributed by atoms with Crippen LogP contribution in [0.4, 0.5) is 8.78 Å². The molecule has 2 aromatic carbocycles. The molecule has 0 bridgehead atoms. The largest absolute Gasteiger partial charge is 0.487 e. The number of nitrogens with zero attached hydrogens (tertiary/aromatic N) is 3. The predicted molar refractivity (Wildman–Crippen MR) is 196 cm³/mol. The number of nitrogens with one attached hydrogen (secondary N) is 2. The maximum atomic E-state index is 15.0. The SMILES string of the molecule is CNC(C)C(=O)NC(C(=O)N1CCN(C(=O)c2cc3c(OCCOCCOCCOCc4ccccc4)c(F)c(F)cc3n2C)CC1)C1CCCCC1. The summed E-state index contributed by atoms with van der Waals surface area (Å²) >= 11 is 0. The van der Waals surface area contributed by atoms with Crippen LogP contribution in [0.25, 0.3) is 10.9 Å². The molecule has 2 unspecified atom stereocenters. The number of aryl methyl sites for hydroxylation is 1. The molecule has 12 nitrogen and oxygen atoms in total. The Labute approximate surface area is 310 Å². The van der Waals surface area contributed by atoms with Gasteiger partial charge >= 0.3 is 0 Å². The van der Waals surface area contributed by atoms with Gasteiger partial charge in [-0.05, 0) is 44.4 Å². The third-order valence-electron chi connectivity index (χ3n) is 10.1. The summed E-state index contributed by atoms with van der Waals surface area (Å²) in [7, 11) is 3.33. The lowest BCUT2D eigenvalue weighted by atomic mass is 9.83. The number of benzene rings is 2. The van der Waals surface area contributed by atoms with E-state index >= 15 is 4.39 Å². The standard InChI is InChI=1S/C39H53F2N5O7/c1-27(42-2)37(47)43-35(29-12-8-5-9-13-29)39(49)46-16-14-45(15-17-46)38(48)33-24-30-32(44(33)3)25-31(40)34(41)36(30)53-23-22-51-19-18-50-20-21-52-26-28-10-6-4-7-11-28/h4,6-7,10-11,24-25,27,29,35,42H,5,8-9,12-23,26H2,1-3H3,(H,43,47). The molecule has 53 heavy (non-hydrogen) atoms. The van der Waals surface area contributed by atoms with Gasteiger partial charge in [0, 0.05) is 44.7 Å². The van der Waals surface area contributed by atoms with Gasteiger partial charge in [-0.15, -0.1) is 0 Å². The first-order chi connectivity index (χ1) is 25.7. The van der Waals surface area contributed by atoms with Crippen molar-refractivity contribution in [2.75, 3.05) is 72.9 Å². The number of hydrogen-bond donors (Lipinski definition) is 2. The first-order valence-corrected chi connectivity index (χ1v) is 18.6. The number of ether oxygens (including phenoxy) is 4. The molecule has 2 heterocycles. The molecule has 3 amide bonds. The van der Waals surface area contributed by atoms with E-state index in [-0.39, 0.29) is 73.4 Å². The Bertz CT molecular complexity index is 1660. The van der Waals surface area contributed by atoms with Crippen LogP contribution in [-0.4, -0.2) is 117 Å². The van der Waals surface area contributed by atoms with Crippen LogP contribution in [0.3, 0.4) is 0 Å². The normalized spacial score (nSPS) is 16.5. The fourth-order valence-electron chi connectivity index (χ4n) is 6.88. The van der Waals surface area contributed by atoms with Crippen LogP contribution in [-0.2, 0) is 37.5 Å². The maximum Gasteiger partial charge on any atom is 0.270 e. The molecular weight excluding hydrogens is 688 g/mol. The lowest BCUT2D eigenvalue weighted by Crippen LogP contribution is -2.59. The van der Waals surface area contributed by atoms with E-state index in [2.05, 4.69) is 10.6 Å². The van der Waals surface area contributed by atoms with Gasteiger partial charge in [-0.1, -0.05) is 49.6 Å². The van der Waals surface area contributed by atoms with Gasteiger partial charge in [-0.2, -0.15) is 4.39 Å². The number of amides is 3. The molecule has 1 saturated heterocycles. The van der Waals surface area contributed by atoms with Crippen LogP contribution in [0, 0.1) is 17.6 Å². The number of piperazine rings is 1. The van der Waals surface area contributed by atoms with Crippen molar-refractivity contribution in [2.45, 2.75) is 57.7 Å². The molecule has 1 aliphatic heterocycles. The average molecular weight is 742 g/mol. The van der Waals surface area contributed by atoms with Crippen molar-refractivity contribution in [1.82, 2.24) is 25.0 Å². The quantitative estimate of drug-likeness (QED) is 0.188. The van der Waals surface area contributed by atoms with E-state index in [0.29, 0.717) is 45.0 Å². The zero-order valence-corrected chi connectivity index (χ0v) is 31.0. The number of hydrogen-bond acceptors (Lipinski definition) is 8. The molecule has 2 fully saturated rings. The van der Waals surface area contributed by atoms with Gasteiger partial charge in [0.25, 0.3) is 5.91 Å². The van der Waals surface area contributed by atoms with Crippen molar-refractivity contribution < 1.29 is 42.1 Å². The predicted octanol–water partition coefficient (Wildman–Crippen LogP) is 4.04. The highest BCUT2D eigenvalue weighted by molar-refractivity contribution is 6.00. The third kappa shape index (κ3) is 10.5. The van der Waals surface area contributed by atoms with E-state index in [0.717, 1.165) is 43.7 Å². The van der Waals surface area contributed by atoms with Crippen LogP contribution >= 0.6 is 0 Å². The van der Waals surface area contributed by atoms with Gasteiger partial charge in [-0.25, -0.2) is 4.39 Å². The fraction of sp³-hybridized carbons (Fsp3) is 0.564. The van der Waals surface area contributed by atoms with E-state index < -0.39 is 23.7 Å². The Morgan fingerprint density at radius 3 is 2.13 bits per heavy atom. The van der Waals surface area contributed by atoms with Crippen molar-refractivity contribution in [1.29, 1.82) is 0 Å². The van der Waals surface area contributed by atoms with E-state index in [1.54, 1.807) is 30.8 Å². The highest BCUT2D eigenvalue weighted by Gasteiger charge is 2.36. The average Bonchev–Trinajstić information content (AvgIpc) is 3.51. The van der Waals surface area contributed by atoms with Crippen LogP contribution < -0.4 is 15.4 Å². The summed E-state index contributed by atoms with van der Waals surface area (Å²) in [5.74, 6) is -3.12. The van der Waals surface area contributed by atoms with Crippen molar-refractivity contribution >= 4 is 28.6 Å². The van der Waals surface area contributed by atoms with E-state index in [1.807, 2.05) is 30.3 Å². The van der Waals surface area contributed by atoms with E-state index in [9.17, 15) is 18.8 Å². The summed E-state index contributed by atoms with van der Waals surface area (Å²) in [6, 6.07) is 11.4. The molecule has 1 saturated carbocycles. The van der Waals surface area contributed by atoms with Crippen LogP contribution in [0.15, 0.2) is 42.5 Å². The number of carbonyl (C=O) groups is 3. The molecule has 2 atom stereocenters.